The second kappa shape index (κ2) is 8.35. The van der Waals surface area contributed by atoms with Crippen molar-refractivity contribution in [2.75, 3.05) is 0 Å². The molecule has 0 saturated heterocycles. The molecule has 0 aromatic heterocycles. The highest BCUT2D eigenvalue weighted by Gasteiger charge is 2.54. The van der Waals surface area contributed by atoms with Crippen LogP contribution in [0, 0.1) is 5.41 Å². The average molecular weight is 341 g/mol. The lowest BCUT2D eigenvalue weighted by Crippen LogP contribution is -2.55. The first kappa shape index (κ1) is 21.0. The average Bonchev–Trinajstić information content (AvgIpc) is 2.97. The quantitative estimate of drug-likeness (QED) is 0.428. The maximum atomic E-state index is 12.6. The van der Waals surface area contributed by atoms with Gasteiger partial charge in [0.1, 0.15) is 5.60 Å². The molecule has 0 unspecified atom stereocenters. The molecule has 140 valence electrons. The summed E-state index contributed by atoms with van der Waals surface area (Å²) >= 11 is 0. The van der Waals surface area contributed by atoms with E-state index in [0.29, 0.717) is 6.42 Å². The fourth-order valence-electron chi connectivity index (χ4n) is 3.18. The minimum atomic E-state index is -0.799. The first-order valence-electron chi connectivity index (χ1n) is 9.55. The minimum Gasteiger partial charge on any atom is -0.455 e. The van der Waals surface area contributed by atoms with E-state index in [1.807, 2.05) is 34.6 Å². The molecule has 0 aromatic rings. The summed E-state index contributed by atoms with van der Waals surface area (Å²) in [6.07, 6.45) is 7.61. The van der Waals surface area contributed by atoms with E-state index in [9.17, 15) is 9.59 Å². The molecule has 4 nitrogen and oxygen atoms in total. The van der Waals surface area contributed by atoms with Gasteiger partial charge in [-0.1, -0.05) is 26.7 Å². The van der Waals surface area contributed by atoms with Crippen LogP contribution < -0.4 is 0 Å². The van der Waals surface area contributed by atoms with Gasteiger partial charge in [-0.25, -0.2) is 0 Å². The summed E-state index contributed by atoms with van der Waals surface area (Å²) in [4.78, 5) is 24.8. The molecule has 24 heavy (non-hydrogen) atoms. The number of carbonyl (C=O) groups is 2. The number of hydrogen-bond acceptors (Lipinski definition) is 4. The van der Waals surface area contributed by atoms with Crippen LogP contribution in [0.2, 0.25) is 0 Å². The van der Waals surface area contributed by atoms with Crippen LogP contribution in [0.3, 0.4) is 0 Å². The lowest BCUT2D eigenvalue weighted by Gasteiger charge is -2.44. The second-order valence-corrected chi connectivity index (χ2v) is 8.27. The van der Waals surface area contributed by atoms with Crippen molar-refractivity contribution in [3.63, 3.8) is 0 Å². The first-order valence-corrected chi connectivity index (χ1v) is 9.55. The van der Waals surface area contributed by atoms with Gasteiger partial charge in [-0.05, 0) is 66.2 Å². The third kappa shape index (κ3) is 4.97. The van der Waals surface area contributed by atoms with Gasteiger partial charge in [0.05, 0.1) is 5.41 Å². The molecule has 0 radical (unpaired) electrons. The third-order valence-electron chi connectivity index (χ3n) is 5.59. The zero-order chi connectivity index (χ0) is 18.4. The normalized spacial score (nSPS) is 17.6. The van der Waals surface area contributed by atoms with E-state index < -0.39 is 16.6 Å². The summed E-state index contributed by atoms with van der Waals surface area (Å²) in [5.41, 5.74) is -2.01. The van der Waals surface area contributed by atoms with Crippen LogP contribution in [0.1, 0.15) is 99.3 Å². The Morgan fingerprint density at radius 1 is 1.00 bits per heavy atom. The van der Waals surface area contributed by atoms with E-state index in [1.54, 1.807) is 0 Å². The van der Waals surface area contributed by atoms with E-state index >= 15 is 0 Å². The lowest BCUT2D eigenvalue weighted by molar-refractivity contribution is -0.211. The minimum absolute atomic E-state index is 0.189. The summed E-state index contributed by atoms with van der Waals surface area (Å²) in [6, 6.07) is 0. The van der Waals surface area contributed by atoms with Crippen LogP contribution in [0.5, 0.6) is 0 Å². The fourth-order valence-corrected chi connectivity index (χ4v) is 3.18. The van der Waals surface area contributed by atoms with Crippen molar-refractivity contribution in [1.29, 1.82) is 0 Å². The van der Waals surface area contributed by atoms with Crippen molar-refractivity contribution in [3.8, 4) is 0 Å². The molecule has 0 amide bonds. The van der Waals surface area contributed by atoms with Crippen molar-refractivity contribution >= 4 is 11.9 Å². The van der Waals surface area contributed by atoms with E-state index in [2.05, 4.69) is 6.92 Å². The Kier molecular flexibility index (Phi) is 7.30. The molecule has 1 saturated carbocycles. The van der Waals surface area contributed by atoms with E-state index in [-0.39, 0.29) is 11.9 Å². The Morgan fingerprint density at radius 3 is 2.08 bits per heavy atom. The predicted molar refractivity (Wildman–Crippen MR) is 95.7 cm³/mol. The van der Waals surface area contributed by atoms with Crippen molar-refractivity contribution < 1.29 is 19.1 Å². The molecular weight excluding hydrogens is 304 g/mol. The smallest absolute Gasteiger partial charge is 0.312 e. The SMILES string of the molecule is CCCCCC(=O)OC(C)(C)C1(OC(=O)C(C)(C)CC)CCCC1. The molecule has 1 aliphatic rings. The number of esters is 2. The zero-order valence-electron chi connectivity index (χ0n) is 16.5. The van der Waals surface area contributed by atoms with Gasteiger partial charge in [-0.15, -0.1) is 0 Å². The van der Waals surface area contributed by atoms with Crippen LogP contribution >= 0.6 is 0 Å². The first-order chi connectivity index (χ1) is 11.1. The number of rotatable bonds is 9. The van der Waals surface area contributed by atoms with Crippen molar-refractivity contribution in [2.45, 2.75) is 111 Å². The largest absolute Gasteiger partial charge is 0.455 e. The number of hydrogen-bond donors (Lipinski definition) is 0. The van der Waals surface area contributed by atoms with Crippen molar-refractivity contribution in [1.82, 2.24) is 0 Å². The highest BCUT2D eigenvalue weighted by atomic mass is 16.6. The Bertz CT molecular complexity index is 431. The Balaban J connectivity index is 2.84. The summed E-state index contributed by atoms with van der Waals surface area (Å²) < 4.78 is 11.8. The van der Waals surface area contributed by atoms with Gasteiger partial charge in [0, 0.05) is 6.42 Å². The highest BCUT2D eigenvalue weighted by molar-refractivity contribution is 5.76. The number of carbonyl (C=O) groups excluding carboxylic acids is 2. The van der Waals surface area contributed by atoms with Gasteiger partial charge in [-0.3, -0.25) is 9.59 Å². The Hall–Kier alpha value is -1.06. The van der Waals surface area contributed by atoms with Gasteiger partial charge < -0.3 is 9.47 Å². The lowest BCUT2D eigenvalue weighted by atomic mass is 9.82. The molecule has 0 N–H and O–H groups in total. The molecule has 0 bridgehead atoms. The summed E-state index contributed by atoms with van der Waals surface area (Å²) in [5.74, 6) is -0.382. The van der Waals surface area contributed by atoms with Crippen molar-refractivity contribution in [2.24, 2.45) is 5.41 Å². The maximum absolute atomic E-state index is 12.6. The maximum Gasteiger partial charge on any atom is 0.312 e. The summed E-state index contributed by atoms with van der Waals surface area (Å²) in [6.45, 7) is 11.7. The van der Waals surface area contributed by atoms with Crippen LogP contribution in [-0.2, 0) is 19.1 Å². The Labute approximate surface area is 147 Å². The molecule has 1 rings (SSSR count). The molecule has 0 aliphatic heterocycles. The van der Waals surface area contributed by atoms with Crippen molar-refractivity contribution in [3.05, 3.63) is 0 Å². The number of ether oxygens (including phenoxy) is 2. The van der Waals surface area contributed by atoms with E-state index in [0.717, 1.165) is 51.4 Å². The van der Waals surface area contributed by atoms with Gasteiger partial charge in [0.15, 0.2) is 5.60 Å². The van der Waals surface area contributed by atoms with Crippen LogP contribution in [0.25, 0.3) is 0 Å². The molecule has 1 fully saturated rings. The highest BCUT2D eigenvalue weighted by Crippen LogP contribution is 2.45. The molecule has 0 heterocycles. The summed E-state index contributed by atoms with van der Waals surface area (Å²) in [5, 5.41) is 0. The molecule has 4 heteroatoms. The molecular formula is C20H36O4. The molecule has 0 atom stereocenters. The van der Waals surface area contributed by atoms with Gasteiger partial charge in [0.2, 0.25) is 0 Å². The van der Waals surface area contributed by atoms with Gasteiger partial charge in [0.25, 0.3) is 0 Å². The number of unbranched alkanes of at least 4 members (excludes halogenated alkanes) is 2. The molecule has 1 aliphatic carbocycles. The van der Waals surface area contributed by atoms with Crippen LogP contribution in [0.15, 0.2) is 0 Å². The van der Waals surface area contributed by atoms with E-state index in [4.69, 9.17) is 9.47 Å². The zero-order valence-corrected chi connectivity index (χ0v) is 16.5. The third-order valence-corrected chi connectivity index (χ3v) is 5.59. The van der Waals surface area contributed by atoms with E-state index in [1.165, 1.54) is 0 Å². The summed E-state index contributed by atoms with van der Waals surface area (Å²) in [7, 11) is 0. The van der Waals surface area contributed by atoms with Crippen LogP contribution in [0.4, 0.5) is 0 Å². The molecule has 0 aromatic carbocycles. The monoisotopic (exact) mass is 340 g/mol. The fraction of sp³-hybridized carbons (Fsp3) is 0.900. The topological polar surface area (TPSA) is 52.6 Å². The van der Waals surface area contributed by atoms with Crippen LogP contribution in [-0.4, -0.2) is 23.1 Å². The standard InChI is InChI=1S/C20H36O4/c1-7-9-10-13-16(21)23-19(5,6)20(14-11-12-15-20)24-17(22)18(3,4)8-2/h7-15H2,1-6H3. The van der Waals surface area contributed by atoms with Gasteiger partial charge >= 0.3 is 11.9 Å². The predicted octanol–water partition coefficient (Wildman–Crippen LogP) is 5.18. The Morgan fingerprint density at radius 2 is 1.58 bits per heavy atom. The second-order valence-electron chi connectivity index (χ2n) is 8.27. The molecule has 0 spiro atoms. The van der Waals surface area contributed by atoms with Gasteiger partial charge in [-0.2, -0.15) is 0 Å².